The lowest BCUT2D eigenvalue weighted by molar-refractivity contribution is -0.137. The van der Waals surface area contributed by atoms with Gasteiger partial charge < -0.3 is 19.7 Å². The Bertz CT molecular complexity index is 1670. The molecule has 2 atom stereocenters. The monoisotopic (exact) mass is 587 g/mol. The molecule has 3 heterocycles. The third kappa shape index (κ3) is 5.90. The summed E-state index contributed by atoms with van der Waals surface area (Å²) in [6.45, 7) is 7.46. The largest absolute Gasteiger partial charge is 0.494 e. The minimum Gasteiger partial charge on any atom is -0.494 e. The van der Waals surface area contributed by atoms with Gasteiger partial charge in [0.25, 0.3) is 6.47 Å². The number of nitrogens with zero attached hydrogens (tertiary/aromatic N) is 5. The molecule has 2 unspecified atom stereocenters. The van der Waals surface area contributed by atoms with Crippen molar-refractivity contribution in [2.45, 2.75) is 64.1 Å². The van der Waals surface area contributed by atoms with Crippen LogP contribution in [0.1, 0.15) is 72.0 Å². The lowest BCUT2D eigenvalue weighted by Gasteiger charge is -2.34. The first-order valence-electron chi connectivity index (χ1n) is 14.2. The number of hydrogen-bond acceptors (Lipinski definition) is 8. The Morgan fingerprint density at radius 2 is 2.02 bits per heavy atom. The van der Waals surface area contributed by atoms with Gasteiger partial charge in [-0.2, -0.15) is 0 Å². The Hall–Kier alpha value is -4.51. The number of carboxylic acids is 1. The standard InChI is InChI=1S/C31H35N5O4.CH2O2/c1-18-22(14-26(39-5)29-28(18)33-34-35(29)4)23(15-27(37)38)20-9-8-19-10-11-25(24(19)13-20)36-16-21-7-6-12-32-30(21)40-31(2,3)17-36;2-1-3/h6-9,12-14,23,25H,10-11,15-17H2,1-5H3,(H,37,38);1H,(H,2,3). The molecule has 0 amide bonds. The predicted molar refractivity (Wildman–Crippen MR) is 159 cm³/mol. The Balaban J connectivity index is 0.00000118. The average molecular weight is 588 g/mol. The molecular weight excluding hydrogens is 550 g/mol. The molecule has 11 nitrogen and oxygen atoms in total. The molecular formula is C32H37N5O6. The van der Waals surface area contributed by atoms with E-state index in [1.165, 1.54) is 11.1 Å². The molecule has 0 saturated heterocycles. The number of aryl methyl sites for hydroxylation is 3. The van der Waals surface area contributed by atoms with Gasteiger partial charge in [0.15, 0.2) is 0 Å². The third-order valence-electron chi connectivity index (χ3n) is 8.35. The first-order valence-corrected chi connectivity index (χ1v) is 14.2. The summed E-state index contributed by atoms with van der Waals surface area (Å²) in [6, 6.07) is 12.7. The highest BCUT2D eigenvalue weighted by atomic mass is 16.5. The number of hydrogen-bond donors (Lipinski definition) is 2. The molecule has 0 radical (unpaired) electrons. The fraction of sp³-hybridized carbons (Fsp3) is 0.406. The number of fused-ring (bicyclic) bond motifs is 3. The van der Waals surface area contributed by atoms with Crippen LogP contribution in [-0.2, 0) is 29.6 Å². The third-order valence-corrected chi connectivity index (χ3v) is 8.35. The number of ether oxygens (including phenoxy) is 2. The van der Waals surface area contributed by atoms with Gasteiger partial charge in [-0.15, -0.1) is 5.10 Å². The van der Waals surface area contributed by atoms with Gasteiger partial charge >= 0.3 is 5.97 Å². The van der Waals surface area contributed by atoms with Gasteiger partial charge in [-0.3, -0.25) is 14.5 Å². The molecule has 4 aromatic rings. The zero-order valence-electron chi connectivity index (χ0n) is 25.1. The normalized spacial score (nSPS) is 17.9. The summed E-state index contributed by atoms with van der Waals surface area (Å²) >= 11 is 0. The van der Waals surface area contributed by atoms with Crippen LogP contribution in [0.15, 0.2) is 42.6 Å². The second-order valence-corrected chi connectivity index (χ2v) is 11.7. The molecule has 2 N–H and O–H groups in total. The Morgan fingerprint density at radius 1 is 1.26 bits per heavy atom. The highest BCUT2D eigenvalue weighted by molar-refractivity contribution is 5.86. The molecule has 6 rings (SSSR count). The van der Waals surface area contributed by atoms with Gasteiger partial charge in [-0.1, -0.05) is 29.5 Å². The van der Waals surface area contributed by atoms with Crippen molar-refractivity contribution in [2.24, 2.45) is 7.05 Å². The molecule has 0 spiro atoms. The molecule has 2 aromatic carbocycles. The van der Waals surface area contributed by atoms with Crippen LogP contribution in [0, 0.1) is 6.92 Å². The highest BCUT2D eigenvalue weighted by Gasteiger charge is 2.37. The van der Waals surface area contributed by atoms with E-state index in [9.17, 15) is 9.90 Å². The fourth-order valence-electron chi connectivity index (χ4n) is 6.55. The summed E-state index contributed by atoms with van der Waals surface area (Å²) in [4.78, 5) is 27.5. The molecule has 2 aliphatic rings. The molecule has 43 heavy (non-hydrogen) atoms. The van der Waals surface area contributed by atoms with Crippen LogP contribution in [0.2, 0.25) is 0 Å². The van der Waals surface area contributed by atoms with Gasteiger partial charge in [-0.25, -0.2) is 9.67 Å². The van der Waals surface area contributed by atoms with Crippen LogP contribution < -0.4 is 9.47 Å². The smallest absolute Gasteiger partial charge is 0.304 e. The highest BCUT2D eigenvalue weighted by Crippen LogP contribution is 2.43. The van der Waals surface area contributed by atoms with E-state index in [1.54, 1.807) is 18.0 Å². The summed E-state index contributed by atoms with van der Waals surface area (Å²) in [5.74, 6) is 0.122. The summed E-state index contributed by atoms with van der Waals surface area (Å²) in [5.41, 5.74) is 7.59. The van der Waals surface area contributed by atoms with Crippen LogP contribution >= 0.6 is 0 Å². The second kappa shape index (κ2) is 12.0. The fourth-order valence-corrected chi connectivity index (χ4v) is 6.55. The van der Waals surface area contributed by atoms with Gasteiger partial charge in [0.2, 0.25) is 5.88 Å². The first-order chi connectivity index (χ1) is 20.6. The molecule has 0 fully saturated rings. The van der Waals surface area contributed by atoms with Crippen molar-refractivity contribution in [1.29, 1.82) is 0 Å². The van der Waals surface area contributed by atoms with E-state index in [4.69, 9.17) is 19.4 Å². The number of pyridine rings is 1. The van der Waals surface area contributed by atoms with E-state index in [0.29, 0.717) is 11.6 Å². The predicted octanol–water partition coefficient (Wildman–Crippen LogP) is 4.65. The Labute approximate surface area is 250 Å². The maximum absolute atomic E-state index is 12.2. The van der Waals surface area contributed by atoms with Crippen LogP contribution in [0.5, 0.6) is 11.6 Å². The summed E-state index contributed by atoms with van der Waals surface area (Å²) in [7, 11) is 3.45. The zero-order valence-corrected chi connectivity index (χ0v) is 25.1. The quantitative estimate of drug-likeness (QED) is 0.306. The number of aromatic nitrogens is 4. The average Bonchev–Trinajstić information content (AvgIpc) is 3.53. The van der Waals surface area contributed by atoms with Crippen LogP contribution in [0.4, 0.5) is 0 Å². The molecule has 1 aliphatic carbocycles. The zero-order chi connectivity index (χ0) is 30.9. The van der Waals surface area contributed by atoms with Gasteiger partial charge in [-0.05, 0) is 73.6 Å². The van der Waals surface area contributed by atoms with E-state index in [1.807, 2.05) is 26.1 Å². The van der Waals surface area contributed by atoms with Crippen LogP contribution in [0.25, 0.3) is 11.0 Å². The maximum atomic E-state index is 12.2. The van der Waals surface area contributed by atoms with Crippen molar-refractivity contribution in [3.05, 3.63) is 76.0 Å². The summed E-state index contributed by atoms with van der Waals surface area (Å²) < 4.78 is 13.7. The van der Waals surface area contributed by atoms with Crippen LogP contribution in [-0.4, -0.2) is 66.8 Å². The van der Waals surface area contributed by atoms with E-state index in [0.717, 1.165) is 59.2 Å². The lowest BCUT2D eigenvalue weighted by atomic mass is 9.84. The molecule has 0 saturated carbocycles. The van der Waals surface area contributed by atoms with Crippen molar-refractivity contribution in [1.82, 2.24) is 24.9 Å². The van der Waals surface area contributed by atoms with Gasteiger partial charge in [0.05, 0.1) is 13.5 Å². The van der Waals surface area contributed by atoms with E-state index in [2.05, 4.69) is 58.3 Å². The van der Waals surface area contributed by atoms with Crippen molar-refractivity contribution in [3.8, 4) is 11.6 Å². The van der Waals surface area contributed by atoms with Crippen molar-refractivity contribution in [2.75, 3.05) is 13.7 Å². The number of aliphatic carboxylic acids is 1. The molecule has 226 valence electrons. The SMILES string of the molecule is COc1cc(C(CC(=O)O)c2ccc3c(c2)C(N2Cc4cccnc4OC(C)(C)C2)CC3)c(C)c2nnn(C)c12.O=CO. The first kappa shape index (κ1) is 30.0. The molecule has 1 aliphatic heterocycles. The Morgan fingerprint density at radius 3 is 2.74 bits per heavy atom. The molecule has 2 aromatic heterocycles. The maximum Gasteiger partial charge on any atom is 0.304 e. The van der Waals surface area contributed by atoms with Gasteiger partial charge in [0, 0.05) is 43.9 Å². The number of methoxy groups -OCH3 is 1. The van der Waals surface area contributed by atoms with E-state index < -0.39 is 11.6 Å². The van der Waals surface area contributed by atoms with Crippen LogP contribution in [0.3, 0.4) is 0 Å². The van der Waals surface area contributed by atoms with Crippen molar-refractivity contribution >= 4 is 23.5 Å². The van der Waals surface area contributed by atoms with E-state index >= 15 is 0 Å². The Kier molecular flexibility index (Phi) is 8.36. The topological polar surface area (TPSA) is 140 Å². The van der Waals surface area contributed by atoms with Crippen molar-refractivity contribution in [3.63, 3.8) is 0 Å². The number of rotatable bonds is 6. The summed E-state index contributed by atoms with van der Waals surface area (Å²) in [5, 5.41) is 25.4. The molecule has 11 heteroatoms. The number of carboxylic acid groups (broad SMARTS) is 2. The molecule has 0 bridgehead atoms. The van der Waals surface area contributed by atoms with E-state index in [-0.39, 0.29) is 24.9 Å². The number of carbonyl (C=O) groups is 2. The minimum absolute atomic E-state index is 0.0388. The lowest BCUT2D eigenvalue weighted by Crippen LogP contribution is -2.41. The minimum atomic E-state index is -0.852. The second-order valence-electron chi connectivity index (χ2n) is 11.7. The number of benzene rings is 2. The summed E-state index contributed by atoms with van der Waals surface area (Å²) in [6.07, 6.45) is 3.73. The van der Waals surface area contributed by atoms with Gasteiger partial charge in [0.1, 0.15) is 22.4 Å². The van der Waals surface area contributed by atoms with Crippen molar-refractivity contribution < 1.29 is 29.3 Å².